The van der Waals surface area contributed by atoms with E-state index >= 15 is 0 Å². The van der Waals surface area contributed by atoms with Gasteiger partial charge < -0.3 is 10.6 Å². The molecule has 94 valence electrons. The van der Waals surface area contributed by atoms with Crippen LogP contribution in [0.4, 0.5) is 0 Å². The van der Waals surface area contributed by atoms with Gasteiger partial charge in [0.25, 0.3) is 0 Å². The Morgan fingerprint density at radius 3 is 2.75 bits per heavy atom. The summed E-state index contributed by atoms with van der Waals surface area (Å²) >= 11 is 0. The van der Waals surface area contributed by atoms with Gasteiger partial charge in [0.2, 0.25) is 5.91 Å². The van der Waals surface area contributed by atoms with E-state index in [4.69, 9.17) is 5.73 Å². The maximum absolute atomic E-state index is 11.5. The van der Waals surface area contributed by atoms with Crippen molar-refractivity contribution < 1.29 is 4.79 Å². The standard InChI is InChI=1S/C12H25N3O/c1-10(13)11-6-4-5-8-15(11)9-7-12(16)14(2)3/h10-11H,4-9,13H2,1-3H3. The number of piperidine rings is 1. The van der Waals surface area contributed by atoms with Gasteiger partial charge in [-0.15, -0.1) is 0 Å². The lowest BCUT2D eigenvalue weighted by Crippen LogP contribution is -2.49. The molecule has 1 fully saturated rings. The number of amides is 1. The normalized spacial score (nSPS) is 24.1. The molecule has 1 saturated heterocycles. The van der Waals surface area contributed by atoms with Crippen LogP contribution < -0.4 is 5.73 Å². The minimum Gasteiger partial charge on any atom is -0.349 e. The molecule has 0 aromatic heterocycles. The van der Waals surface area contributed by atoms with Crippen LogP contribution in [-0.4, -0.2) is 55.0 Å². The number of carbonyl (C=O) groups excluding carboxylic acids is 1. The minimum atomic E-state index is 0.203. The van der Waals surface area contributed by atoms with E-state index in [0.29, 0.717) is 12.5 Å². The Hall–Kier alpha value is -0.610. The first kappa shape index (κ1) is 13.5. The van der Waals surface area contributed by atoms with E-state index in [1.54, 1.807) is 4.90 Å². The van der Waals surface area contributed by atoms with Gasteiger partial charge in [0.1, 0.15) is 0 Å². The highest BCUT2D eigenvalue weighted by atomic mass is 16.2. The summed E-state index contributed by atoms with van der Waals surface area (Å²) in [6, 6.07) is 0.665. The Morgan fingerprint density at radius 2 is 2.19 bits per heavy atom. The van der Waals surface area contributed by atoms with E-state index in [1.165, 1.54) is 19.3 Å². The van der Waals surface area contributed by atoms with Gasteiger partial charge in [-0.2, -0.15) is 0 Å². The van der Waals surface area contributed by atoms with Crippen molar-refractivity contribution in [1.82, 2.24) is 9.80 Å². The second kappa shape index (κ2) is 6.21. The third-order valence-electron chi connectivity index (χ3n) is 3.38. The molecular weight excluding hydrogens is 202 g/mol. The molecule has 4 nitrogen and oxygen atoms in total. The zero-order chi connectivity index (χ0) is 12.1. The highest BCUT2D eigenvalue weighted by Gasteiger charge is 2.25. The summed E-state index contributed by atoms with van der Waals surface area (Å²) in [5.41, 5.74) is 5.99. The lowest BCUT2D eigenvalue weighted by molar-refractivity contribution is -0.129. The number of hydrogen-bond acceptors (Lipinski definition) is 3. The second-order valence-corrected chi connectivity index (χ2v) is 5.00. The monoisotopic (exact) mass is 227 g/mol. The smallest absolute Gasteiger partial charge is 0.223 e. The maximum atomic E-state index is 11.5. The van der Waals surface area contributed by atoms with Gasteiger partial charge >= 0.3 is 0 Å². The Labute approximate surface area is 98.8 Å². The quantitative estimate of drug-likeness (QED) is 0.768. The lowest BCUT2D eigenvalue weighted by atomic mass is 9.97. The number of nitrogens with zero attached hydrogens (tertiary/aromatic N) is 2. The fraction of sp³-hybridized carbons (Fsp3) is 0.917. The summed E-state index contributed by atoms with van der Waals surface area (Å²) in [5, 5.41) is 0. The number of rotatable bonds is 4. The summed E-state index contributed by atoms with van der Waals surface area (Å²) in [7, 11) is 3.61. The van der Waals surface area contributed by atoms with Gasteiger partial charge in [0.15, 0.2) is 0 Å². The third-order valence-corrected chi connectivity index (χ3v) is 3.38. The van der Waals surface area contributed by atoms with Crippen molar-refractivity contribution in [2.24, 2.45) is 5.73 Å². The molecule has 0 bridgehead atoms. The summed E-state index contributed by atoms with van der Waals surface area (Å²) in [6.45, 7) is 4.01. The molecular formula is C12H25N3O. The molecule has 2 unspecified atom stereocenters. The molecule has 0 aliphatic carbocycles. The van der Waals surface area contributed by atoms with E-state index in [9.17, 15) is 4.79 Å². The van der Waals surface area contributed by atoms with Crippen molar-refractivity contribution in [1.29, 1.82) is 0 Å². The van der Waals surface area contributed by atoms with Crippen molar-refractivity contribution in [2.75, 3.05) is 27.2 Å². The fourth-order valence-corrected chi connectivity index (χ4v) is 2.35. The molecule has 16 heavy (non-hydrogen) atoms. The van der Waals surface area contributed by atoms with Crippen molar-refractivity contribution >= 4 is 5.91 Å². The van der Waals surface area contributed by atoms with Crippen LogP contribution in [0, 0.1) is 0 Å². The molecule has 1 aliphatic rings. The first-order valence-electron chi connectivity index (χ1n) is 6.22. The highest BCUT2D eigenvalue weighted by molar-refractivity contribution is 5.75. The SMILES string of the molecule is CC(N)C1CCCCN1CCC(=O)N(C)C. The van der Waals surface area contributed by atoms with Gasteiger partial charge in [0.05, 0.1) is 0 Å². The summed E-state index contributed by atoms with van der Waals surface area (Å²) in [4.78, 5) is 15.6. The van der Waals surface area contributed by atoms with Crippen LogP contribution in [0.15, 0.2) is 0 Å². The van der Waals surface area contributed by atoms with Crippen molar-refractivity contribution in [2.45, 2.75) is 44.7 Å². The van der Waals surface area contributed by atoms with Gasteiger partial charge in [-0.05, 0) is 26.3 Å². The Morgan fingerprint density at radius 1 is 1.50 bits per heavy atom. The fourth-order valence-electron chi connectivity index (χ4n) is 2.35. The highest BCUT2D eigenvalue weighted by Crippen LogP contribution is 2.19. The molecule has 1 heterocycles. The first-order valence-corrected chi connectivity index (χ1v) is 6.22. The topological polar surface area (TPSA) is 49.6 Å². The van der Waals surface area contributed by atoms with Crippen LogP contribution in [-0.2, 0) is 4.79 Å². The van der Waals surface area contributed by atoms with Crippen molar-refractivity contribution in [3.05, 3.63) is 0 Å². The van der Waals surface area contributed by atoms with Crippen LogP contribution in [0.1, 0.15) is 32.6 Å². The van der Waals surface area contributed by atoms with Crippen LogP contribution in [0.5, 0.6) is 0 Å². The molecule has 1 rings (SSSR count). The van der Waals surface area contributed by atoms with Crippen LogP contribution in [0.2, 0.25) is 0 Å². The molecule has 1 aliphatic heterocycles. The Bertz CT molecular complexity index is 228. The van der Waals surface area contributed by atoms with E-state index in [0.717, 1.165) is 13.1 Å². The number of hydrogen-bond donors (Lipinski definition) is 1. The van der Waals surface area contributed by atoms with Crippen LogP contribution in [0.25, 0.3) is 0 Å². The van der Waals surface area contributed by atoms with Gasteiger partial charge in [-0.1, -0.05) is 6.42 Å². The molecule has 0 aromatic rings. The molecule has 0 radical (unpaired) electrons. The van der Waals surface area contributed by atoms with Gasteiger partial charge in [0, 0.05) is 39.1 Å². The summed E-state index contributed by atoms with van der Waals surface area (Å²) < 4.78 is 0. The van der Waals surface area contributed by atoms with E-state index in [-0.39, 0.29) is 11.9 Å². The predicted octanol–water partition coefficient (Wildman–Crippen LogP) is 0.666. The maximum Gasteiger partial charge on any atom is 0.223 e. The molecule has 4 heteroatoms. The average molecular weight is 227 g/mol. The first-order chi connectivity index (χ1) is 7.52. The predicted molar refractivity (Wildman–Crippen MR) is 66.2 cm³/mol. The van der Waals surface area contributed by atoms with E-state index in [1.807, 2.05) is 14.1 Å². The van der Waals surface area contributed by atoms with Gasteiger partial charge in [-0.25, -0.2) is 0 Å². The summed E-state index contributed by atoms with van der Waals surface area (Å²) in [6.07, 6.45) is 4.29. The number of carbonyl (C=O) groups is 1. The molecule has 0 saturated carbocycles. The third kappa shape index (κ3) is 3.76. The lowest BCUT2D eigenvalue weighted by Gasteiger charge is -2.38. The Balaban J connectivity index is 2.41. The van der Waals surface area contributed by atoms with Gasteiger partial charge in [-0.3, -0.25) is 9.69 Å². The van der Waals surface area contributed by atoms with Crippen molar-refractivity contribution in [3.8, 4) is 0 Å². The number of likely N-dealkylation sites (tertiary alicyclic amines) is 1. The second-order valence-electron chi connectivity index (χ2n) is 5.00. The zero-order valence-electron chi connectivity index (χ0n) is 10.8. The minimum absolute atomic E-state index is 0.203. The largest absolute Gasteiger partial charge is 0.349 e. The van der Waals surface area contributed by atoms with E-state index < -0.39 is 0 Å². The average Bonchev–Trinajstić information content (AvgIpc) is 2.25. The Kier molecular flexibility index (Phi) is 5.22. The summed E-state index contributed by atoms with van der Waals surface area (Å²) in [5.74, 6) is 0.203. The molecule has 0 aromatic carbocycles. The van der Waals surface area contributed by atoms with Crippen LogP contribution >= 0.6 is 0 Å². The van der Waals surface area contributed by atoms with Crippen molar-refractivity contribution in [3.63, 3.8) is 0 Å². The zero-order valence-corrected chi connectivity index (χ0v) is 10.8. The van der Waals surface area contributed by atoms with Crippen LogP contribution in [0.3, 0.4) is 0 Å². The van der Waals surface area contributed by atoms with E-state index in [2.05, 4.69) is 11.8 Å². The molecule has 0 spiro atoms. The molecule has 2 N–H and O–H groups in total. The molecule has 2 atom stereocenters. The number of nitrogens with two attached hydrogens (primary N) is 1. The molecule has 1 amide bonds.